The number of allylic oxidation sites excluding steroid dienone is 4. The number of rotatable bonds is 0. The fourth-order valence-corrected chi connectivity index (χ4v) is 0.623. The van der Waals surface area contributed by atoms with E-state index in [9.17, 15) is 17.6 Å². The molecule has 0 heterocycles. The number of hydrogen-bond acceptors (Lipinski definition) is 0. The molecule has 0 aromatic carbocycles. The maximum Gasteiger partial charge on any atom is 0.189 e. The number of alkyl halides is 2. The summed E-state index contributed by atoms with van der Waals surface area (Å²) in [7, 11) is 0. The van der Waals surface area contributed by atoms with Crippen LogP contribution in [0.2, 0.25) is 0 Å². The van der Waals surface area contributed by atoms with Gasteiger partial charge in [0, 0.05) is 0 Å². The van der Waals surface area contributed by atoms with Crippen LogP contribution < -0.4 is 0 Å². The normalized spacial score (nSPS) is 33.2. The van der Waals surface area contributed by atoms with Gasteiger partial charge in [-0.25, -0.2) is 17.6 Å². The lowest BCUT2D eigenvalue weighted by atomic mass is 10.1. The van der Waals surface area contributed by atoms with Gasteiger partial charge in [0.05, 0.1) is 0 Å². The van der Waals surface area contributed by atoms with Gasteiger partial charge < -0.3 is 0 Å². The first-order chi connectivity index (χ1) is 4.63. The first kappa shape index (κ1) is 7.31. The summed E-state index contributed by atoms with van der Waals surface area (Å²) in [4.78, 5) is 0. The molecule has 0 radical (unpaired) electrons. The topological polar surface area (TPSA) is 0 Å². The van der Waals surface area contributed by atoms with Crippen LogP contribution in [-0.2, 0) is 0 Å². The monoisotopic (exact) mass is 152 g/mol. The van der Waals surface area contributed by atoms with Crippen LogP contribution in [0.3, 0.4) is 0 Å². The summed E-state index contributed by atoms with van der Waals surface area (Å²) in [5, 5.41) is 0. The predicted molar refractivity (Wildman–Crippen MR) is 28.2 cm³/mol. The van der Waals surface area contributed by atoms with Crippen molar-refractivity contribution in [2.75, 3.05) is 0 Å². The second-order valence-corrected chi connectivity index (χ2v) is 1.91. The molecule has 0 N–H and O–H groups in total. The Bertz CT molecular complexity index is 172. The highest BCUT2D eigenvalue weighted by Gasteiger charge is 2.31. The summed E-state index contributed by atoms with van der Waals surface area (Å²) in [5.74, 6) is -2.54. The van der Waals surface area contributed by atoms with Gasteiger partial charge in [0.2, 0.25) is 0 Å². The SMILES string of the molecule is FC1=CC=C(F)[C@@H](F)C1F. The summed E-state index contributed by atoms with van der Waals surface area (Å²) < 4.78 is 48.3. The largest absolute Gasteiger partial charge is 0.236 e. The van der Waals surface area contributed by atoms with E-state index >= 15 is 0 Å². The van der Waals surface area contributed by atoms with E-state index in [1.807, 2.05) is 0 Å². The average molecular weight is 152 g/mol. The van der Waals surface area contributed by atoms with E-state index in [1.54, 1.807) is 0 Å². The molecular formula is C6H4F4. The van der Waals surface area contributed by atoms with Gasteiger partial charge in [-0.05, 0) is 12.2 Å². The van der Waals surface area contributed by atoms with Crippen LogP contribution in [0.4, 0.5) is 17.6 Å². The summed E-state index contributed by atoms with van der Waals surface area (Å²) in [6.07, 6.45) is -3.78. The standard InChI is InChI=1S/C6H4F4/c7-3-1-2-4(8)6(10)5(3)9/h1-2,5-6H/t5-,6?/m1/s1. The van der Waals surface area contributed by atoms with Crippen LogP contribution in [0.15, 0.2) is 23.8 Å². The highest BCUT2D eigenvalue weighted by molar-refractivity contribution is 5.24. The number of hydrogen-bond donors (Lipinski definition) is 0. The molecule has 2 atom stereocenters. The lowest BCUT2D eigenvalue weighted by Crippen LogP contribution is -2.20. The zero-order valence-corrected chi connectivity index (χ0v) is 4.82. The van der Waals surface area contributed by atoms with Crippen molar-refractivity contribution in [1.29, 1.82) is 0 Å². The first-order valence-corrected chi connectivity index (χ1v) is 2.64. The van der Waals surface area contributed by atoms with Gasteiger partial charge in [-0.2, -0.15) is 0 Å². The molecule has 10 heavy (non-hydrogen) atoms. The van der Waals surface area contributed by atoms with E-state index < -0.39 is 24.0 Å². The van der Waals surface area contributed by atoms with E-state index in [4.69, 9.17) is 0 Å². The van der Waals surface area contributed by atoms with Crippen LogP contribution in [0.5, 0.6) is 0 Å². The predicted octanol–water partition coefficient (Wildman–Crippen LogP) is 2.38. The van der Waals surface area contributed by atoms with Gasteiger partial charge in [-0.15, -0.1) is 0 Å². The molecule has 0 spiro atoms. The molecule has 4 heteroatoms. The van der Waals surface area contributed by atoms with Crippen molar-refractivity contribution in [2.24, 2.45) is 0 Å². The molecule has 0 aliphatic heterocycles. The third-order valence-corrected chi connectivity index (χ3v) is 1.19. The Labute approximate surface area is 54.8 Å². The minimum absolute atomic E-state index is 0.579. The quantitative estimate of drug-likeness (QED) is 0.467. The molecule has 1 aliphatic rings. The molecule has 0 aromatic rings. The maximum absolute atomic E-state index is 12.1. The van der Waals surface area contributed by atoms with Crippen molar-refractivity contribution in [2.45, 2.75) is 12.3 Å². The molecule has 1 unspecified atom stereocenters. The van der Waals surface area contributed by atoms with Gasteiger partial charge in [0.25, 0.3) is 0 Å². The van der Waals surface area contributed by atoms with Gasteiger partial charge >= 0.3 is 0 Å². The Morgan fingerprint density at radius 3 is 1.50 bits per heavy atom. The minimum atomic E-state index is -2.47. The molecule has 56 valence electrons. The smallest absolute Gasteiger partial charge is 0.189 e. The molecule has 0 fully saturated rings. The molecular weight excluding hydrogens is 148 g/mol. The number of halogens is 4. The van der Waals surface area contributed by atoms with E-state index in [1.165, 1.54) is 0 Å². The van der Waals surface area contributed by atoms with Crippen molar-refractivity contribution >= 4 is 0 Å². The second-order valence-electron chi connectivity index (χ2n) is 1.91. The van der Waals surface area contributed by atoms with Gasteiger partial charge in [-0.3, -0.25) is 0 Å². The molecule has 0 bridgehead atoms. The zero-order valence-electron chi connectivity index (χ0n) is 4.82. The minimum Gasteiger partial charge on any atom is -0.236 e. The summed E-state index contributed by atoms with van der Waals surface area (Å²) in [6, 6.07) is 0. The van der Waals surface area contributed by atoms with Crippen molar-refractivity contribution in [1.82, 2.24) is 0 Å². The van der Waals surface area contributed by atoms with Gasteiger partial charge in [-0.1, -0.05) is 0 Å². The Kier molecular flexibility index (Phi) is 1.78. The summed E-state index contributed by atoms with van der Waals surface area (Å²) in [5.41, 5.74) is 0. The van der Waals surface area contributed by atoms with E-state index in [2.05, 4.69) is 0 Å². The zero-order chi connectivity index (χ0) is 7.72. The highest BCUT2D eigenvalue weighted by atomic mass is 19.2. The van der Waals surface area contributed by atoms with Crippen molar-refractivity contribution in [3.63, 3.8) is 0 Å². The second kappa shape index (κ2) is 2.44. The molecule has 0 nitrogen and oxygen atoms in total. The summed E-state index contributed by atoms with van der Waals surface area (Å²) in [6.45, 7) is 0. The van der Waals surface area contributed by atoms with Crippen LogP contribution in [-0.4, -0.2) is 12.3 Å². The third-order valence-electron chi connectivity index (χ3n) is 1.19. The Balaban J connectivity index is 2.86. The van der Waals surface area contributed by atoms with E-state index in [-0.39, 0.29) is 0 Å². The molecule has 0 aromatic heterocycles. The Hall–Kier alpha value is -0.800. The molecule has 1 aliphatic carbocycles. The van der Waals surface area contributed by atoms with Gasteiger partial charge in [0.15, 0.2) is 12.3 Å². The molecule has 1 rings (SSSR count). The van der Waals surface area contributed by atoms with Gasteiger partial charge in [0.1, 0.15) is 11.7 Å². The highest BCUT2D eigenvalue weighted by Crippen LogP contribution is 2.26. The lowest BCUT2D eigenvalue weighted by molar-refractivity contribution is 0.175. The van der Waals surface area contributed by atoms with E-state index in [0.29, 0.717) is 12.2 Å². The van der Waals surface area contributed by atoms with Crippen molar-refractivity contribution in [3.8, 4) is 0 Å². The lowest BCUT2D eigenvalue weighted by Gasteiger charge is -2.12. The fraction of sp³-hybridized carbons (Fsp3) is 0.333. The fourth-order valence-electron chi connectivity index (χ4n) is 0.623. The summed E-state index contributed by atoms with van der Waals surface area (Å²) >= 11 is 0. The third kappa shape index (κ3) is 1.05. The molecule has 0 saturated carbocycles. The van der Waals surface area contributed by atoms with Crippen molar-refractivity contribution in [3.05, 3.63) is 23.8 Å². The van der Waals surface area contributed by atoms with E-state index in [0.717, 1.165) is 0 Å². The molecule has 0 amide bonds. The maximum atomic E-state index is 12.1. The Morgan fingerprint density at radius 2 is 1.20 bits per heavy atom. The first-order valence-electron chi connectivity index (χ1n) is 2.64. The van der Waals surface area contributed by atoms with Crippen LogP contribution in [0.25, 0.3) is 0 Å². The van der Waals surface area contributed by atoms with Crippen molar-refractivity contribution < 1.29 is 17.6 Å². The average Bonchev–Trinajstić information content (AvgIpc) is 1.93. The Morgan fingerprint density at radius 1 is 0.900 bits per heavy atom. The van der Waals surface area contributed by atoms with Crippen LogP contribution >= 0.6 is 0 Å². The van der Waals surface area contributed by atoms with Crippen LogP contribution in [0, 0.1) is 0 Å². The molecule has 0 saturated heterocycles. The van der Waals surface area contributed by atoms with Crippen LogP contribution in [0.1, 0.15) is 0 Å².